The van der Waals surface area contributed by atoms with Crippen molar-refractivity contribution in [1.82, 2.24) is 19.3 Å². The third kappa shape index (κ3) is 2.62. The highest BCUT2D eigenvalue weighted by molar-refractivity contribution is 5.99. The standard InChI is InChI=1S/C16H16N4O4/c1-3-24-13(21)9-17-15(22)11-8-10-14(19(11)2)18-12-6-4-5-7-20(12)16(10)23/h4-8H,3,9H2,1-2H3,(H,17,22). The number of hydrogen-bond acceptors (Lipinski definition) is 5. The molecule has 3 aromatic rings. The van der Waals surface area contributed by atoms with Gasteiger partial charge in [0.15, 0.2) is 0 Å². The van der Waals surface area contributed by atoms with Gasteiger partial charge in [0, 0.05) is 13.2 Å². The van der Waals surface area contributed by atoms with Crippen molar-refractivity contribution in [1.29, 1.82) is 0 Å². The van der Waals surface area contributed by atoms with Crippen molar-refractivity contribution < 1.29 is 14.3 Å². The van der Waals surface area contributed by atoms with Gasteiger partial charge in [-0.2, -0.15) is 0 Å². The van der Waals surface area contributed by atoms with E-state index in [0.717, 1.165) is 0 Å². The second-order valence-corrected chi connectivity index (χ2v) is 5.16. The molecule has 3 rings (SSSR count). The molecule has 1 N–H and O–H groups in total. The zero-order chi connectivity index (χ0) is 17.3. The summed E-state index contributed by atoms with van der Waals surface area (Å²) in [6.45, 7) is 1.70. The lowest BCUT2D eigenvalue weighted by atomic mass is 10.3. The van der Waals surface area contributed by atoms with Crippen LogP contribution in [-0.2, 0) is 16.6 Å². The minimum Gasteiger partial charge on any atom is -0.465 e. The Balaban J connectivity index is 2.01. The largest absolute Gasteiger partial charge is 0.465 e. The smallest absolute Gasteiger partial charge is 0.325 e. The van der Waals surface area contributed by atoms with Crippen molar-refractivity contribution in [2.24, 2.45) is 7.05 Å². The lowest BCUT2D eigenvalue weighted by Gasteiger charge is -2.06. The highest BCUT2D eigenvalue weighted by atomic mass is 16.5. The number of aryl methyl sites for hydroxylation is 1. The van der Waals surface area contributed by atoms with Crippen LogP contribution >= 0.6 is 0 Å². The fourth-order valence-electron chi connectivity index (χ4n) is 2.49. The average Bonchev–Trinajstić information content (AvgIpc) is 2.91. The molecule has 0 aliphatic carbocycles. The monoisotopic (exact) mass is 328 g/mol. The number of nitrogens with one attached hydrogen (secondary N) is 1. The maximum Gasteiger partial charge on any atom is 0.325 e. The Kier molecular flexibility index (Phi) is 4.03. The summed E-state index contributed by atoms with van der Waals surface area (Å²) in [5.74, 6) is -0.995. The van der Waals surface area contributed by atoms with E-state index in [0.29, 0.717) is 16.7 Å². The van der Waals surface area contributed by atoms with E-state index in [9.17, 15) is 14.4 Å². The highest BCUT2D eigenvalue weighted by Crippen LogP contribution is 2.14. The molecule has 0 saturated carbocycles. The topological polar surface area (TPSA) is 94.7 Å². The molecule has 0 fully saturated rings. The first kappa shape index (κ1) is 15.7. The summed E-state index contributed by atoms with van der Waals surface area (Å²) in [5, 5.41) is 2.81. The number of pyridine rings is 1. The minimum atomic E-state index is -0.520. The van der Waals surface area contributed by atoms with E-state index >= 15 is 0 Å². The van der Waals surface area contributed by atoms with Crippen LogP contribution in [0.3, 0.4) is 0 Å². The van der Waals surface area contributed by atoms with E-state index in [1.54, 1.807) is 38.4 Å². The second kappa shape index (κ2) is 6.15. The van der Waals surface area contributed by atoms with Gasteiger partial charge in [-0.1, -0.05) is 6.07 Å². The number of nitrogens with zero attached hydrogens (tertiary/aromatic N) is 3. The predicted molar refractivity (Wildman–Crippen MR) is 86.9 cm³/mol. The summed E-state index contributed by atoms with van der Waals surface area (Å²) >= 11 is 0. The van der Waals surface area contributed by atoms with Crippen LogP contribution in [0.2, 0.25) is 0 Å². The molecule has 0 saturated heterocycles. The van der Waals surface area contributed by atoms with Crippen LogP contribution in [0.25, 0.3) is 16.7 Å². The van der Waals surface area contributed by atoms with Crippen molar-refractivity contribution >= 4 is 28.6 Å². The lowest BCUT2D eigenvalue weighted by molar-refractivity contribution is -0.141. The van der Waals surface area contributed by atoms with Gasteiger partial charge in [0.1, 0.15) is 23.5 Å². The van der Waals surface area contributed by atoms with E-state index < -0.39 is 11.9 Å². The Labute approximate surface area is 136 Å². The fourth-order valence-corrected chi connectivity index (χ4v) is 2.49. The molecule has 8 nitrogen and oxygen atoms in total. The first-order chi connectivity index (χ1) is 11.5. The second-order valence-electron chi connectivity index (χ2n) is 5.16. The van der Waals surface area contributed by atoms with Crippen LogP contribution in [0, 0.1) is 0 Å². The molecule has 0 bridgehead atoms. The predicted octanol–water partition coefficient (Wildman–Crippen LogP) is 0.479. The molecule has 3 aromatic heterocycles. The Morgan fingerprint density at radius 3 is 2.88 bits per heavy atom. The van der Waals surface area contributed by atoms with E-state index in [1.807, 2.05) is 0 Å². The van der Waals surface area contributed by atoms with Gasteiger partial charge in [0.2, 0.25) is 0 Å². The number of rotatable bonds is 4. The maximum atomic E-state index is 12.5. The normalized spacial score (nSPS) is 10.9. The Hall–Kier alpha value is -3.16. The number of carbonyl (C=O) groups excluding carboxylic acids is 2. The van der Waals surface area contributed by atoms with Gasteiger partial charge in [-0.15, -0.1) is 0 Å². The van der Waals surface area contributed by atoms with Gasteiger partial charge in [0.05, 0.1) is 12.0 Å². The zero-order valence-electron chi connectivity index (χ0n) is 13.3. The van der Waals surface area contributed by atoms with E-state index in [2.05, 4.69) is 10.3 Å². The number of fused-ring (bicyclic) bond motifs is 2. The fraction of sp³-hybridized carbons (Fsp3) is 0.250. The SMILES string of the molecule is CCOC(=O)CNC(=O)c1cc2c(=O)n3ccccc3nc2n1C. The molecule has 0 atom stereocenters. The zero-order valence-corrected chi connectivity index (χ0v) is 13.3. The lowest BCUT2D eigenvalue weighted by Crippen LogP contribution is -2.31. The third-order valence-corrected chi connectivity index (χ3v) is 3.64. The maximum absolute atomic E-state index is 12.5. The first-order valence-electron chi connectivity index (χ1n) is 7.43. The van der Waals surface area contributed by atoms with Crippen LogP contribution in [0.15, 0.2) is 35.3 Å². The number of hydrogen-bond donors (Lipinski definition) is 1. The molecule has 24 heavy (non-hydrogen) atoms. The Morgan fingerprint density at radius 1 is 1.33 bits per heavy atom. The number of carbonyl (C=O) groups is 2. The van der Waals surface area contributed by atoms with Gasteiger partial charge in [0.25, 0.3) is 11.5 Å². The van der Waals surface area contributed by atoms with Crippen molar-refractivity contribution in [2.75, 3.05) is 13.2 Å². The van der Waals surface area contributed by atoms with Crippen LogP contribution in [0.5, 0.6) is 0 Å². The molecule has 1 amide bonds. The third-order valence-electron chi connectivity index (χ3n) is 3.64. The summed E-state index contributed by atoms with van der Waals surface area (Å²) in [6.07, 6.45) is 1.62. The van der Waals surface area contributed by atoms with Gasteiger partial charge < -0.3 is 14.6 Å². The Bertz CT molecular complexity index is 1000. The van der Waals surface area contributed by atoms with Gasteiger partial charge in [-0.05, 0) is 25.1 Å². The quantitative estimate of drug-likeness (QED) is 0.703. The van der Waals surface area contributed by atoms with Crippen LogP contribution in [0.1, 0.15) is 17.4 Å². The summed E-state index contributed by atoms with van der Waals surface area (Å²) in [4.78, 5) is 40.6. The molecule has 3 heterocycles. The molecule has 124 valence electrons. The van der Waals surface area contributed by atoms with Crippen LogP contribution in [0.4, 0.5) is 0 Å². The molecule has 0 radical (unpaired) electrons. The molecule has 0 spiro atoms. The van der Waals surface area contributed by atoms with Crippen molar-refractivity contribution in [3.05, 3.63) is 46.5 Å². The minimum absolute atomic E-state index is 0.234. The van der Waals surface area contributed by atoms with Gasteiger partial charge in [-0.3, -0.25) is 18.8 Å². The molecular weight excluding hydrogens is 312 g/mol. The van der Waals surface area contributed by atoms with E-state index in [4.69, 9.17) is 4.74 Å². The number of amides is 1. The van der Waals surface area contributed by atoms with E-state index in [-0.39, 0.29) is 24.4 Å². The van der Waals surface area contributed by atoms with Crippen molar-refractivity contribution in [2.45, 2.75) is 6.92 Å². The molecule has 0 aromatic carbocycles. The van der Waals surface area contributed by atoms with Gasteiger partial charge >= 0.3 is 5.97 Å². The number of aromatic nitrogens is 3. The van der Waals surface area contributed by atoms with Crippen molar-refractivity contribution in [3.63, 3.8) is 0 Å². The summed E-state index contributed by atoms with van der Waals surface area (Å²) in [7, 11) is 1.65. The highest BCUT2D eigenvalue weighted by Gasteiger charge is 2.18. The Morgan fingerprint density at radius 2 is 2.12 bits per heavy atom. The van der Waals surface area contributed by atoms with Gasteiger partial charge in [-0.25, -0.2) is 4.98 Å². The summed E-state index contributed by atoms with van der Waals surface area (Å²) in [6, 6.07) is 6.71. The van der Waals surface area contributed by atoms with Crippen molar-refractivity contribution in [3.8, 4) is 0 Å². The molecular formula is C16H16N4O4. The first-order valence-corrected chi connectivity index (χ1v) is 7.43. The summed E-state index contributed by atoms with van der Waals surface area (Å²) in [5.41, 5.74) is 0.896. The summed E-state index contributed by atoms with van der Waals surface area (Å²) < 4.78 is 7.71. The molecule has 8 heteroatoms. The molecule has 0 unspecified atom stereocenters. The molecule has 0 aliphatic heterocycles. The van der Waals surface area contributed by atoms with Crippen LogP contribution < -0.4 is 10.9 Å². The average molecular weight is 328 g/mol. The number of ether oxygens (including phenoxy) is 1. The van der Waals surface area contributed by atoms with E-state index in [1.165, 1.54) is 15.0 Å². The molecule has 0 aliphatic rings. The number of esters is 1. The van der Waals surface area contributed by atoms with Crippen LogP contribution in [-0.4, -0.2) is 39.0 Å².